The molecule has 2 atom stereocenters. The monoisotopic (exact) mass is 318 g/mol. The third-order valence-electron chi connectivity index (χ3n) is 3.50. The van der Waals surface area contributed by atoms with E-state index in [-0.39, 0.29) is 11.9 Å². The summed E-state index contributed by atoms with van der Waals surface area (Å²) in [5, 5.41) is 2.98. The average Bonchev–Trinajstić information content (AvgIpc) is 3.07. The number of imidazole rings is 1. The Bertz CT molecular complexity index is 600. The number of rotatable bonds is 7. The van der Waals surface area contributed by atoms with Gasteiger partial charge in [-0.05, 0) is 43.0 Å². The normalized spacial score (nSPS) is 13.6. The van der Waals surface area contributed by atoms with Crippen LogP contribution in [-0.2, 0) is 4.79 Å². The van der Waals surface area contributed by atoms with Crippen LogP contribution in [0.3, 0.4) is 0 Å². The molecule has 0 spiro atoms. The summed E-state index contributed by atoms with van der Waals surface area (Å²) in [7, 11) is 0. The second-order valence-corrected chi connectivity index (χ2v) is 6.17. The largest absolute Gasteiger partial charge is 0.348 e. The van der Waals surface area contributed by atoms with Crippen LogP contribution in [0.25, 0.3) is 5.69 Å². The molecule has 22 heavy (non-hydrogen) atoms. The Morgan fingerprint density at radius 2 is 2.32 bits per heavy atom. The van der Waals surface area contributed by atoms with Crippen LogP contribution in [0.2, 0.25) is 0 Å². The van der Waals surface area contributed by atoms with Crippen LogP contribution in [0.4, 0.5) is 0 Å². The topological polar surface area (TPSA) is 72.9 Å². The summed E-state index contributed by atoms with van der Waals surface area (Å²) in [6.45, 7) is 1.96. The molecule has 1 aromatic heterocycles. The number of carbonyl (C=O) groups is 1. The molecule has 1 amide bonds. The van der Waals surface area contributed by atoms with Gasteiger partial charge in [0.1, 0.15) is 0 Å². The molecule has 0 bridgehead atoms. The first kappa shape index (κ1) is 16.6. The zero-order chi connectivity index (χ0) is 15.9. The van der Waals surface area contributed by atoms with Crippen molar-refractivity contribution in [2.24, 2.45) is 5.73 Å². The van der Waals surface area contributed by atoms with Gasteiger partial charge in [0.25, 0.3) is 0 Å². The highest BCUT2D eigenvalue weighted by Crippen LogP contribution is 2.17. The Labute approximate surface area is 135 Å². The highest BCUT2D eigenvalue weighted by molar-refractivity contribution is 7.98. The van der Waals surface area contributed by atoms with E-state index in [1.54, 1.807) is 24.3 Å². The lowest BCUT2D eigenvalue weighted by Gasteiger charge is -2.18. The Hall–Kier alpha value is -1.79. The lowest BCUT2D eigenvalue weighted by molar-refractivity contribution is -0.123. The fraction of sp³-hybridized carbons (Fsp3) is 0.375. The van der Waals surface area contributed by atoms with Crippen LogP contribution in [0.5, 0.6) is 0 Å². The number of benzene rings is 1. The van der Waals surface area contributed by atoms with Crippen molar-refractivity contribution >= 4 is 17.7 Å². The first-order valence-corrected chi connectivity index (χ1v) is 8.64. The molecule has 3 N–H and O–H groups in total. The predicted octanol–water partition coefficient (Wildman–Crippen LogP) is 2.13. The van der Waals surface area contributed by atoms with E-state index in [1.165, 1.54) is 0 Å². The van der Waals surface area contributed by atoms with Gasteiger partial charge >= 0.3 is 0 Å². The lowest BCUT2D eigenvalue weighted by Crippen LogP contribution is -2.41. The fourth-order valence-corrected chi connectivity index (χ4v) is 2.64. The smallest absolute Gasteiger partial charge is 0.237 e. The average molecular weight is 318 g/mol. The number of nitrogens with zero attached hydrogens (tertiary/aromatic N) is 2. The highest BCUT2D eigenvalue weighted by atomic mass is 32.2. The van der Waals surface area contributed by atoms with E-state index < -0.39 is 6.04 Å². The van der Waals surface area contributed by atoms with Crippen molar-refractivity contribution in [3.63, 3.8) is 0 Å². The van der Waals surface area contributed by atoms with Crippen molar-refractivity contribution in [1.29, 1.82) is 0 Å². The summed E-state index contributed by atoms with van der Waals surface area (Å²) in [4.78, 5) is 16.1. The second kappa shape index (κ2) is 8.00. The SMILES string of the molecule is CSCC[C@H](N)C(=O)NC(C)c1cccc(-n2ccnc2)c1. The van der Waals surface area contributed by atoms with Crippen LogP contribution in [-0.4, -0.2) is 33.5 Å². The van der Waals surface area contributed by atoms with Crippen molar-refractivity contribution in [3.8, 4) is 5.69 Å². The van der Waals surface area contributed by atoms with E-state index >= 15 is 0 Å². The quantitative estimate of drug-likeness (QED) is 0.820. The molecular formula is C16H22N4OS. The molecule has 0 aliphatic heterocycles. The lowest BCUT2D eigenvalue weighted by atomic mass is 10.1. The minimum Gasteiger partial charge on any atom is -0.348 e. The summed E-state index contributed by atoms with van der Waals surface area (Å²) in [6.07, 6.45) is 8.08. The van der Waals surface area contributed by atoms with E-state index in [0.29, 0.717) is 6.42 Å². The highest BCUT2D eigenvalue weighted by Gasteiger charge is 2.16. The van der Waals surface area contributed by atoms with Crippen molar-refractivity contribution < 1.29 is 4.79 Å². The van der Waals surface area contributed by atoms with Crippen LogP contribution < -0.4 is 11.1 Å². The Balaban J connectivity index is 2.02. The maximum absolute atomic E-state index is 12.1. The van der Waals surface area contributed by atoms with Crippen LogP contribution in [0.15, 0.2) is 43.0 Å². The van der Waals surface area contributed by atoms with Gasteiger partial charge in [0, 0.05) is 18.1 Å². The van der Waals surface area contributed by atoms with Crippen LogP contribution >= 0.6 is 11.8 Å². The molecule has 118 valence electrons. The van der Waals surface area contributed by atoms with Crippen LogP contribution in [0.1, 0.15) is 24.9 Å². The van der Waals surface area contributed by atoms with Crippen molar-refractivity contribution in [2.45, 2.75) is 25.4 Å². The van der Waals surface area contributed by atoms with Gasteiger partial charge in [-0.1, -0.05) is 12.1 Å². The van der Waals surface area contributed by atoms with E-state index in [1.807, 2.05) is 48.2 Å². The summed E-state index contributed by atoms with van der Waals surface area (Å²) < 4.78 is 1.93. The minimum absolute atomic E-state index is 0.0868. The number of carbonyl (C=O) groups excluding carboxylic acids is 1. The number of thioether (sulfide) groups is 1. The molecule has 6 heteroatoms. The first-order chi connectivity index (χ1) is 10.6. The molecule has 1 unspecified atom stereocenters. The fourth-order valence-electron chi connectivity index (χ4n) is 2.15. The molecule has 5 nitrogen and oxygen atoms in total. The Morgan fingerprint density at radius 3 is 3.00 bits per heavy atom. The van der Waals surface area contributed by atoms with E-state index in [2.05, 4.69) is 10.3 Å². The van der Waals surface area contributed by atoms with Gasteiger partial charge in [-0.25, -0.2) is 4.98 Å². The van der Waals surface area contributed by atoms with Crippen molar-refractivity contribution in [2.75, 3.05) is 12.0 Å². The van der Waals surface area contributed by atoms with Gasteiger partial charge in [-0.15, -0.1) is 0 Å². The molecule has 0 aliphatic carbocycles. The third-order valence-corrected chi connectivity index (χ3v) is 4.15. The van der Waals surface area contributed by atoms with Gasteiger partial charge in [-0.3, -0.25) is 4.79 Å². The van der Waals surface area contributed by atoms with E-state index in [9.17, 15) is 4.79 Å². The van der Waals surface area contributed by atoms with Crippen molar-refractivity contribution in [3.05, 3.63) is 48.5 Å². The van der Waals surface area contributed by atoms with E-state index in [4.69, 9.17) is 5.73 Å². The van der Waals surface area contributed by atoms with Crippen LogP contribution in [0, 0.1) is 0 Å². The predicted molar refractivity (Wildman–Crippen MR) is 91.1 cm³/mol. The Kier molecular flexibility index (Phi) is 6.03. The number of hydrogen-bond donors (Lipinski definition) is 2. The molecule has 0 radical (unpaired) electrons. The number of aromatic nitrogens is 2. The molecule has 0 saturated carbocycles. The van der Waals surface area contributed by atoms with Gasteiger partial charge in [0.05, 0.1) is 18.4 Å². The summed E-state index contributed by atoms with van der Waals surface area (Å²) in [5.74, 6) is 0.786. The number of hydrogen-bond acceptors (Lipinski definition) is 4. The summed E-state index contributed by atoms with van der Waals surface area (Å²) >= 11 is 1.69. The van der Waals surface area contributed by atoms with E-state index in [0.717, 1.165) is 17.0 Å². The number of nitrogens with one attached hydrogen (secondary N) is 1. The summed E-state index contributed by atoms with van der Waals surface area (Å²) in [6, 6.07) is 7.48. The zero-order valence-corrected chi connectivity index (χ0v) is 13.7. The molecule has 1 aromatic carbocycles. The minimum atomic E-state index is -0.452. The Morgan fingerprint density at radius 1 is 1.50 bits per heavy atom. The second-order valence-electron chi connectivity index (χ2n) is 5.18. The third kappa shape index (κ3) is 4.35. The van der Waals surface area contributed by atoms with Gasteiger partial charge in [0.15, 0.2) is 0 Å². The maximum atomic E-state index is 12.1. The molecule has 2 rings (SSSR count). The van der Waals surface area contributed by atoms with Gasteiger partial charge < -0.3 is 15.6 Å². The standard InChI is InChI=1S/C16H22N4OS/c1-12(19-16(21)15(17)6-9-22-2)13-4-3-5-14(10-13)20-8-7-18-11-20/h3-5,7-8,10-12,15H,6,9,17H2,1-2H3,(H,19,21)/t12?,15-/m0/s1. The molecular weight excluding hydrogens is 296 g/mol. The maximum Gasteiger partial charge on any atom is 0.237 e. The van der Waals surface area contributed by atoms with Crippen molar-refractivity contribution in [1.82, 2.24) is 14.9 Å². The number of amides is 1. The molecule has 0 aliphatic rings. The molecule has 0 saturated heterocycles. The molecule has 1 heterocycles. The molecule has 0 fully saturated rings. The number of nitrogens with two attached hydrogens (primary N) is 1. The molecule has 2 aromatic rings. The summed E-state index contributed by atoms with van der Waals surface area (Å²) in [5.41, 5.74) is 7.95. The zero-order valence-electron chi connectivity index (χ0n) is 12.9. The first-order valence-electron chi connectivity index (χ1n) is 7.25. The van der Waals surface area contributed by atoms with Gasteiger partial charge in [-0.2, -0.15) is 11.8 Å². The van der Waals surface area contributed by atoms with Gasteiger partial charge in [0.2, 0.25) is 5.91 Å².